The van der Waals surface area contributed by atoms with Gasteiger partial charge >= 0.3 is 0 Å². The lowest BCUT2D eigenvalue weighted by atomic mass is 10.2. The van der Waals surface area contributed by atoms with Crippen molar-refractivity contribution in [3.8, 4) is 5.75 Å². The van der Waals surface area contributed by atoms with Gasteiger partial charge in [-0.2, -0.15) is 5.10 Å². The molecule has 7 heteroatoms. The number of nitrogens with zero attached hydrogens (tertiary/aromatic N) is 1. The normalized spacial score (nSPS) is 10.7. The van der Waals surface area contributed by atoms with Gasteiger partial charge in [-0.25, -0.2) is 5.43 Å². The van der Waals surface area contributed by atoms with E-state index in [4.69, 9.17) is 4.74 Å². The number of carbonyl (C=O) groups excluding carboxylic acids is 1. The van der Waals surface area contributed by atoms with Crippen LogP contribution in [0.25, 0.3) is 0 Å². The molecule has 0 unspecified atom stereocenters. The Morgan fingerprint density at radius 2 is 1.76 bits per heavy atom. The standard InChI is InChI=1S/C22H19Br2N3O2/c23-18-9-6-16(7-10-18)15-29-21-11-8-17(12-20(21)24)13-26-27-22(28)14-25-19-4-2-1-3-5-19/h1-13,25H,14-15H2,(H,27,28)/b26-13-. The number of hydrogen-bond acceptors (Lipinski definition) is 4. The molecular weight excluding hydrogens is 498 g/mol. The number of carbonyl (C=O) groups is 1. The molecule has 0 bridgehead atoms. The zero-order valence-corrected chi connectivity index (χ0v) is 18.6. The highest BCUT2D eigenvalue weighted by molar-refractivity contribution is 9.10. The number of amides is 1. The van der Waals surface area contributed by atoms with Gasteiger partial charge in [0.05, 0.1) is 17.2 Å². The van der Waals surface area contributed by atoms with E-state index < -0.39 is 0 Å². The van der Waals surface area contributed by atoms with E-state index in [0.29, 0.717) is 6.61 Å². The zero-order chi connectivity index (χ0) is 20.5. The van der Waals surface area contributed by atoms with E-state index >= 15 is 0 Å². The Balaban J connectivity index is 1.47. The van der Waals surface area contributed by atoms with Crippen molar-refractivity contribution in [3.63, 3.8) is 0 Å². The summed E-state index contributed by atoms with van der Waals surface area (Å²) >= 11 is 6.93. The number of benzene rings is 3. The first-order chi connectivity index (χ1) is 14.1. The molecule has 148 valence electrons. The summed E-state index contributed by atoms with van der Waals surface area (Å²) < 4.78 is 7.70. The maximum absolute atomic E-state index is 11.8. The molecule has 0 radical (unpaired) electrons. The van der Waals surface area contributed by atoms with Gasteiger partial charge in [0.25, 0.3) is 5.91 Å². The van der Waals surface area contributed by atoms with Crippen molar-refractivity contribution in [2.75, 3.05) is 11.9 Å². The molecule has 3 rings (SSSR count). The van der Waals surface area contributed by atoms with Crippen LogP contribution in [0.1, 0.15) is 11.1 Å². The van der Waals surface area contributed by atoms with E-state index in [2.05, 4.69) is 47.7 Å². The molecule has 2 N–H and O–H groups in total. The van der Waals surface area contributed by atoms with Gasteiger partial charge in [0, 0.05) is 10.2 Å². The molecule has 0 fully saturated rings. The number of ether oxygens (including phenoxy) is 1. The molecule has 3 aromatic rings. The highest BCUT2D eigenvalue weighted by atomic mass is 79.9. The van der Waals surface area contributed by atoms with Gasteiger partial charge in [-0.05, 0) is 69.5 Å². The molecule has 0 aliphatic rings. The van der Waals surface area contributed by atoms with E-state index in [9.17, 15) is 4.79 Å². The first kappa shape index (κ1) is 21.1. The monoisotopic (exact) mass is 515 g/mol. The van der Waals surface area contributed by atoms with Crippen LogP contribution in [-0.4, -0.2) is 18.7 Å². The lowest BCUT2D eigenvalue weighted by Gasteiger charge is -2.09. The minimum Gasteiger partial charge on any atom is -0.488 e. The maximum Gasteiger partial charge on any atom is 0.259 e. The predicted octanol–water partition coefficient (Wildman–Crippen LogP) is 5.35. The smallest absolute Gasteiger partial charge is 0.259 e. The molecule has 0 aromatic heterocycles. The molecule has 0 atom stereocenters. The van der Waals surface area contributed by atoms with Crippen LogP contribution in [-0.2, 0) is 11.4 Å². The molecule has 0 heterocycles. The number of anilines is 1. The van der Waals surface area contributed by atoms with Crippen molar-refractivity contribution in [1.82, 2.24) is 5.43 Å². The molecule has 29 heavy (non-hydrogen) atoms. The number of nitrogens with one attached hydrogen (secondary N) is 2. The van der Waals surface area contributed by atoms with Gasteiger partial charge in [-0.3, -0.25) is 4.79 Å². The number of rotatable bonds is 8. The van der Waals surface area contributed by atoms with E-state index in [-0.39, 0.29) is 12.5 Å². The van der Waals surface area contributed by atoms with Crippen LogP contribution in [0.4, 0.5) is 5.69 Å². The summed E-state index contributed by atoms with van der Waals surface area (Å²) in [6, 6.07) is 23.1. The highest BCUT2D eigenvalue weighted by Crippen LogP contribution is 2.26. The first-order valence-electron chi connectivity index (χ1n) is 8.88. The lowest BCUT2D eigenvalue weighted by molar-refractivity contribution is -0.119. The van der Waals surface area contributed by atoms with E-state index in [1.165, 1.54) is 0 Å². The average Bonchev–Trinajstić information content (AvgIpc) is 2.73. The number of para-hydroxylation sites is 1. The van der Waals surface area contributed by atoms with Crippen LogP contribution in [0, 0.1) is 0 Å². The fourth-order valence-electron chi connectivity index (χ4n) is 2.41. The quantitative estimate of drug-likeness (QED) is 0.313. The first-order valence-corrected chi connectivity index (χ1v) is 10.5. The van der Waals surface area contributed by atoms with Gasteiger partial charge in [0.2, 0.25) is 0 Å². The summed E-state index contributed by atoms with van der Waals surface area (Å²) in [6.07, 6.45) is 1.59. The van der Waals surface area contributed by atoms with Crippen molar-refractivity contribution in [1.29, 1.82) is 0 Å². The second kappa shape index (κ2) is 10.8. The highest BCUT2D eigenvalue weighted by Gasteiger charge is 2.03. The molecule has 0 saturated carbocycles. The molecular formula is C22H19Br2N3O2. The average molecular weight is 517 g/mol. The van der Waals surface area contributed by atoms with Crippen molar-refractivity contribution in [2.24, 2.45) is 5.10 Å². The summed E-state index contributed by atoms with van der Waals surface area (Å²) in [4.78, 5) is 11.8. The topological polar surface area (TPSA) is 62.7 Å². The van der Waals surface area contributed by atoms with Crippen LogP contribution < -0.4 is 15.5 Å². The molecule has 0 saturated heterocycles. The second-order valence-corrected chi connectivity index (χ2v) is 7.89. The van der Waals surface area contributed by atoms with Crippen LogP contribution in [0.2, 0.25) is 0 Å². The zero-order valence-electron chi connectivity index (χ0n) is 15.4. The molecule has 3 aromatic carbocycles. The van der Waals surface area contributed by atoms with Crippen molar-refractivity contribution in [2.45, 2.75) is 6.61 Å². The van der Waals surface area contributed by atoms with Gasteiger partial charge in [0.15, 0.2) is 0 Å². The summed E-state index contributed by atoms with van der Waals surface area (Å²) in [5.41, 5.74) is 5.31. The Kier molecular flexibility index (Phi) is 7.84. The van der Waals surface area contributed by atoms with E-state index in [1.54, 1.807) is 6.21 Å². The van der Waals surface area contributed by atoms with E-state index in [0.717, 1.165) is 31.5 Å². The predicted molar refractivity (Wildman–Crippen MR) is 123 cm³/mol. The Hall–Kier alpha value is -2.64. The minimum absolute atomic E-state index is 0.147. The fourth-order valence-corrected chi connectivity index (χ4v) is 3.19. The largest absolute Gasteiger partial charge is 0.488 e. The van der Waals surface area contributed by atoms with Crippen LogP contribution in [0.3, 0.4) is 0 Å². The van der Waals surface area contributed by atoms with Crippen LogP contribution >= 0.6 is 31.9 Å². The van der Waals surface area contributed by atoms with Crippen molar-refractivity contribution in [3.05, 3.63) is 92.9 Å². The summed E-state index contributed by atoms with van der Waals surface area (Å²) in [7, 11) is 0. The third-order valence-corrected chi connectivity index (χ3v) is 5.04. The SMILES string of the molecule is O=C(CNc1ccccc1)N/N=C\c1ccc(OCc2ccc(Br)cc2)c(Br)c1. The lowest BCUT2D eigenvalue weighted by Crippen LogP contribution is -2.25. The molecule has 5 nitrogen and oxygen atoms in total. The van der Waals surface area contributed by atoms with Crippen LogP contribution in [0.15, 0.2) is 86.8 Å². The number of hydrazone groups is 1. The van der Waals surface area contributed by atoms with Crippen molar-refractivity contribution < 1.29 is 9.53 Å². The molecule has 0 aliphatic carbocycles. The Morgan fingerprint density at radius 1 is 1.00 bits per heavy atom. The third-order valence-electron chi connectivity index (χ3n) is 3.89. The van der Waals surface area contributed by atoms with Gasteiger partial charge in [-0.15, -0.1) is 0 Å². The fraction of sp³-hybridized carbons (Fsp3) is 0.0909. The third kappa shape index (κ3) is 7.03. The number of halogens is 2. The van der Waals surface area contributed by atoms with Gasteiger partial charge in [0.1, 0.15) is 12.4 Å². The Labute approximate surface area is 186 Å². The summed E-state index contributed by atoms with van der Waals surface area (Å²) in [5, 5.41) is 7.02. The Morgan fingerprint density at radius 3 is 2.48 bits per heavy atom. The number of hydrogen-bond donors (Lipinski definition) is 2. The molecule has 0 aliphatic heterocycles. The van der Waals surface area contributed by atoms with Crippen molar-refractivity contribution >= 4 is 49.7 Å². The second-order valence-electron chi connectivity index (χ2n) is 6.12. The van der Waals surface area contributed by atoms with Gasteiger partial charge in [-0.1, -0.05) is 46.3 Å². The minimum atomic E-state index is -0.223. The molecule has 0 spiro atoms. The maximum atomic E-state index is 11.8. The van der Waals surface area contributed by atoms with E-state index in [1.807, 2.05) is 72.8 Å². The van der Waals surface area contributed by atoms with Gasteiger partial charge < -0.3 is 10.1 Å². The summed E-state index contributed by atoms with van der Waals surface area (Å²) in [6.45, 7) is 0.623. The van der Waals surface area contributed by atoms with Crippen LogP contribution in [0.5, 0.6) is 5.75 Å². The summed E-state index contributed by atoms with van der Waals surface area (Å²) in [5.74, 6) is 0.514. The Bertz CT molecular complexity index is 977. The molecule has 1 amide bonds.